The maximum atomic E-state index is 4.99. The van der Waals surface area contributed by atoms with Gasteiger partial charge in [0.25, 0.3) is 0 Å². The Hall–Kier alpha value is -1.03. The first-order valence-electron chi connectivity index (χ1n) is 5.55. The number of aromatic nitrogens is 2. The molecule has 0 aliphatic rings. The molecule has 1 atom stereocenters. The Morgan fingerprint density at radius 2 is 2.40 bits per heavy atom. The summed E-state index contributed by atoms with van der Waals surface area (Å²) >= 11 is 0. The van der Waals surface area contributed by atoms with Gasteiger partial charge < -0.3 is 10.1 Å². The largest absolute Gasteiger partial charge is 0.383 e. The first-order valence-corrected chi connectivity index (χ1v) is 5.55. The summed E-state index contributed by atoms with van der Waals surface area (Å²) < 4.78 is 6.89. The number of hydrogen-bond acceptors (Lipinski definition) is 3. The van der Waals surface area contributed by atoms with Crippen LogP contribution in [0.4, 0.5) is 5.82 Å². The Morgan fingerprint density at radius 3 is 3.07 bits per heavy atom. The second-order valence-electron chi connectivity index (χ2n) is 3.79. The van der Waals surface area contributed by atoms with Crippen LogP contribution in [0.25, 0.3) is 0 Å². The zero-order valence-corrected chi connectivity index (χ0v) is 9.86. The molecule has 0 fully saturated rings. The zero-order valence-electron chi connectivity index (χ0n) is 9.86. The van der Waals surface area contributed by atoms with Crippen LogP contribution in [0.1, 0.15) is 26.7 Å². The topological polar surface area (TPSA) is 39.1 Å². The molecule has 0 spiro atoms. The van der Waals surface area contributed by atoms with Crippen molar-refractivity contribution in [2.75, 3.05) is 19.0 Å². The van der Waals surface area contributed by atoms with Gasteiger partial charge in [-0.3, -0.25) is 4.68 Å². The lowest BCUT2D eigenvalue weighted by atomic mass is 10.2. The minimum Gasteiger partial charge on any atom is -0.383 e. The smallest absolute Gasteiger partial charge is 0.148 e. The van der Waals surface area contributed by atoms with Gasteiger partial charge in [-0.1, -0.05) is 13.3 Å². The van der Waals surface area contributed by atoms with Gasteiger partial charge in [-0.2, -0.15) is 5.10 Å². The van der Waals surface area contributed by atoms with Gasteiger partial charge in [0.15, 0.2) is 0 Å². The average Bonchev–Trinajstić information content (AvgIpc) is 2.63. The third-order valence-electron chi connectivity index (χ3n) is 2.28. The van der Waals surface area contributed by atoms with E-state index >= 15 is 0 Å². The summed E-state index contributed by atoms with van der Waals surface area (Å²) in [4.78, 5) is 0. The minimum atomic E-state index is 0.487. The highest BCUT2D eigenvalue weighted by atomic mass is 16.5. The standard InChI is InChI=1S/C11H21N3O/c1-4-5-10(2)12-11-6-7-14(13-11)8-9-15-3/h6-7,10H,4-5,8-9H2,1-3H3,(H,12,13). The van der Waals surface area contributed by atoms with Crippen molar-refractivity contribution in [1.29, 1.82) is 0 Å². The molecule has 0 saturated carbocycles. The molecule has 1 N–H and O–H groups in total. The number of hydrogen-bond donors (Lipinski definition) is 1. The van der Waals surface area contributed by atoms with E-state index in [-0.39, 0.29) is 0 Å². The molecule has 1 aromatic heterocycles. The highest BCUT2D eigenvalue weighted by Gasteiger charge is 2.03. The van der Waals surface area contributed by atoms with E-state index in [4.69, 9.17) is 4.74 Å². The third-order valence-corrected chi connectivity index (χ3v) is 2.28. The molecule has 1 heterocycles. The second kappa shape index (κ2) is 6.45. The van der Waals surface area contributed by atoms with Gasteiger partial charge >= 0.3 is 0 Å². The van der Waals surface area contributed by atoms with Gasteiger partial charge in [0.05, 0.1) is 13.2 Å². The molecule has 0 aromatic carbocycles. The lowest BCUT2D eigenvalue weighted by Gasteiger charge is -2.11. The molecule has 0 saturated heterocycles. The molecule has 86 valence electrons. The van der Waals surface area contributed by atoms with Gasteiger partial charge in [-0.05, 0) is 13.3 Å². The van der Waals surface area contributed by atoms with Crippen molar-refractivity contribution >= 4 is 5.82 Å². The van der Waals surface area contributed by atoms with Gasteiger partial charge in [0, 0.05) is 25.4 Å². The third kappa shape index (κ3) is 4.34. The van der Waals surface area contributed by atoms with Crippen LogP contribution in [0.2, 0.25) is 0 Å². The van der Waals surface area contributed by atoms with Crippen molar-refractivity contribution in [2.24, 2.45) is 0 Å². The van der Waals surface area contributed by atoms with E-state index in [2.05, 4.69) is 24.3 Å². The molecule has 0 aliphatic heterocycles. The number of ether oxygens (including phenoxy) is 1. The van der Waals surface area contributed by atoms with Gasteiger partial charge in [0.2, 0.25) is 0 Å². The first-order chi connectivity index (χ1) is 7.26. The molecule has 1 unspecified atom stereocenters. The van der Waals surface area contributed by atoms with Crippen molar-refractivity contribution in [3.8, 4) is 0 Å². The summed E-state index contributed by atoms with van der Waals surface area (Å²) in [5.41, 5.74) is 0. The van der Waals surface area contributed by atoms with Crippen LogP contribution in [0.5, 0.6) is 0 Å². The van der Waals surface area contributed by atoms with Crippen molar-refractivity contribution < 1.29 is 4.74 Å². The second-order valence-corrected chi connectivity index (χ2v) is 3.79. The molecule has 0 aliphatic carbocycles. The predicted octanol–water partition coefficient (Wildman–Crippen LogP) is 2.13. The quantitative estimate of drug-likeness (QED) is 0.751. The van der Waals surface area contributed by atoms with Gasteiger partial charge in [-0.15, -0.1) is 0 Å². The van der Waals surface area contributed by atoms with E-state index in [1.54, 1.807) is 7.11 Å². The van der Waals surface area contributed by atoms with Crippen molar-refractivity contribution in [3.05, 3.63) is 12.3 Å². The minimum absolute atomic E-state index is 0.487. The fraction of sp³-hybridized carbons (Fsp3) is 0.727. The lowest BCUT2D eigenvalue weighted by molar-refractivity contribution is 0.183. The molecule has 0 radical (unpaired) electrons. The predicted molar refractivity (Wildman–Crippen MR) is 62.1 cm³/mol. The van der Waals surface area contributed by atoms with E-state index in [1.807, 2.05) is 16.9 Å². The maximum absolute atomic E-state index is 4.99. The number of nitrogens with zero attached hydrogens (tertiary/aromatic N) is 2. The van der Waals surface area contributed by atoms with E-state index in [1.165, 1.54) is 12.8 Å². The molecule has 15 heavy (non-hydrogen) atoms. The molecular weight excluding hydrogens is 190 g/mol. The number of methoxy groups -OCH3 is 1. The molecular formula is C11H21N3O. The first kappa shape index (κ1) is 12.0. The highest BCUT2D eigenvalue weighted by Crippen LogP contribution is 2.07. The molecule has 0 amide bonds. The van der Waals surface area contributed by atoms with E-state index < -0.39 is 0 Å². The molecule has 1 rings (SSSR count). The summed E-state index contributed by atoms with van der Waals surface area (Å²) in [6, 6.07) is 2.49. The summed E-state index contributed by atoms with van der Waals surface area (Å²) in [6.07, 6.45) is 4.34. The Labute approximate surface area is 91.6 Å². The summed E-state index contributed by atoms with van der Waals surface area (Å²) in [5.74, 6) is 0.951. The van der Waals surface area contributed by atoms with Crippen molar-refractivity contribution in [1.82, 2.24) is 9.78 Å². The van der Waals surface area contributed by atoms with Crippen molar-refractivity contribution in [2.45, 2.75) is 39.3 Å². The molecule has 0 bridgehead atoms. The zero-order chi connectivity index (χ0) is 11.1. The number of anilines is 1. The van der Waals surface area contributed by atoms with E-state index in [0.717, 1.165) is 12.4 Å². The Morgan fingerprint density at radius 1 is 1.60 bits per heavy atom. The summed E-state index contributed by atoms with van der Waals surface area (Å²) in [7, 11) is 1.70. The van der Waals surface area contributed by atoms with Crippen LogP contribution in [0.15, 0.2) is 12.3 Å². The van der Waals surface area contributed by atoms with Crippen LogP contribution < -0.4 is 5.32 Å². The van der Waals surface area contributed by atoms with Crippen LogP contribution in [-0.2, 0) is 11.3 Å². The van der Waals surface area contributed by atoms with E-state index in [0.29, 0.717) is 12.6 Å². The SMILES string of the molecule is CCCC(C)Nc1ccn(CCOC)n1. The summed E-state index contributed by atoms with van der Waals surface area (Å²) in [6.45, 7) is 5.87. The normalized spacial score (nSPS) is 12.7. The fourth-order valence-corrected chi connectivity index (χ4v) is 1.51. The van der Waals surface area contributed by atoms with Crippen LogP contribution in [0.3, 0.4) is 0 Å². The number of nitrogens with one attached hydrogen (secondary N) is 1. The average molecular weight is 211 g/mol. The van der Waals surface area contributed by atoms with E-state index in [9.17, 15) is 0 Å². The Balaban J connectivity index is 2.38. The maximum Gasteiger partial charge on any atom is 0.148 e. The van der Waals surface area contributed by atoms with Crippen LogP contribution in [-0.4, -0.2) is 29.5 Å². The monoisotopic (exact) mass is 211 g/mol. The summed E-state index contributed by atoms with van der Waals surface area (Å²) in [5, 5.41) is 7.76. The lowest BCUT2D eigenvalue weighted by Crippen LogP contribution is -2.15. The molecule has 1 aromatic rings. The van der Waals surface area contributed by atoms with Crippen LogP contribution in [0, 0.1) is 0 Å². The number of rotatable bonds is 7. The highest BCUT2D eigenvalue weighted by molar-refractivity contribution is 5.33. The Kier molecular flexibility index (Phi) is 5.18. The van der Waals surface area contributed by atoms with Gasteiger partial charge in [-0.25, -0.2) is 0 Å². The fourth-order valence-electron chi connectivity index (χ4n) is 1.51. The molecule has 4 heteroatoms. The molecule has 4 nitrogen and oxygen atoms in total. The van der Waals surface area contributed by atoms with Crippen molar-refractivity contribution in [3.63, 3.8) is 0 Å². The Bertz CT molecular complexity index is 273. The van der Waals surface area contributed by atoms with Gasteiger partial charge in [0.1, 0.15) is 5.82 Å². The van der Waals surface area contributed by atoms with Crippen LogP contribution >= 0.6 is 0 Å².